The molecule has 0 saturated carbocycles. The van der Waals surface area contributed by atoms with Gasteiger partial charge >= 0.3 is 0 Å². The van der Waals surface area contributed by atoms with Crippen molar-refractivity contribution in [3.63, 3.8) is 0 Å². The largest absolute Gasteiger partial charge is 0.346 e. The average molecular weight is 378 g/mol. The van der Waals surface area contributed by atoms with E-state index in [0.29, 0.717) is 17.1 Å². The van der Waals surface area contributed by atoms with Gasteiger partial charge in [-0.3, -0.25) is 4.79 Å². The van der Waals surface area contributed by atoms with E-state index in [1.807, 2.05) is 24.3 Å². The third-order valence-corrected chi connectivity index (χ3v) is 6.02. The lowest BCUT2D eigenvalue weighted by atomic mass is 9.95. The molecule has 2 fully saturated rings. The molecule has 2 bridgehead atoms. The molecular formula is C16H16BrN3OS. The van der Waals surface area contributed by atoms with Crippen molar-refractivity contribution in [1.29, 1.82) is 0 Å². The third kappa shape index (κ3) is 2.71. The number of benzene rings is 1. The Kier molecular flexibility index (Phi) is 3.76. The number of carbonyl (C=O) groups excluding carboxylic acids is 1. The van der Waals surface area contributed by atoms with Crippen LogP contribution in [0.1, 0.15) is 29.1 Å². The first-order chi connectivity index (χ1) is 10.7. The van der Waals surface area contributed by atoms with Gasteiger partial charge in [-0.2, -0.15) is 0 Å². The topological polar surface area (TPSA) is 54.0 Å². The fourth-order valence-electron chi connectivity index (χ4n) is 3.34. The number of aromatic nitrogens is 1. The molecule has 3 heterocycles. The third-order valence-electron chi connectivity index (χ3n) is 4.45. The summed E-state index contributed by atoms with van der Waals surface area (Å²) in [5.74, 6) is -0.0484. The molecule has 4 nitrogen and oxygen atoms in total. The van der Waals surface area contributed by atoms with Gasteiger partial charge in [0.05, 0.1) is 4.88 Å². The van der Waals surface area contributed by atoms with Gasteiger partial charge in [0.25, 0.3) is 5.91 Å². The number of hydrogen-bond donors (Lipinski definition) is 2. The molecule has 2 N–H and O–H groups in total. The second kappa shape index (κ2) is 5.76. The lowest BCUT2D eigenvalue weighted by Gasteiger charge is -2.20. The highest BCUT2D eigenvalue weighted by molar-refractivity contribution is 9.10. The molecule has 3 unspecified atom stereocenters. The van der Waals surface area contributed by atoms with Crippen molar-refractivity contribution in [2.45, 2.75) is 37.4 Å². The number of thiazole rings is 1. The first kappa shape index (κ1) is 14.4. The maximum atomic E-state index is 12.4. The van der Waals surface area contributed by atoms with Crippen molar-refractivity contribution in [2.24, 2.45) is 0 Å². The number of hydrogen-bond acceptors (Lipinski definition) is 4. The van der Waals surface area contributed by atoms with Crippen molar-refractivity contribution in [3.05, 3.63) is 39.9 Å². The van der Waals surface area contributed by atoms with E-state index in [1.165, 1.54) is 17.8 Å². The summed E-state index contributed by atoms with van der Waals surface area (Å²) < 4.78 is 1.04. The Bertz CT molecular complexity index is 700. The van der Waals surface area contributed by atoms with E-state index >= 15 is 0 Å². The van der Waals surface area contributed by atoms with Crippen molar-refractivity contribution in [3.8, 4) is 10.4 Å². The Morgan fingerprint density at radius 1 is 1.32 bits per heavy atom. The number of fused-ring (bicyclic) bond motifs is 2. The average Bonchev–Trinajstić information content (AvgIpc) is 3.24. The summed E-state index contributed by atoms with van der Waals surface area (Å²) in [5.41, 5.74) is 1.08. The predicted molar refractivity (Wildman–Crippen MR) is 91.1 cm³/mol. The highest BCUT2D eigenvalue weighted by Crippen LogP contribution is 2.30. The summed E-state index contributed by atoms with van der Waals surface area (Å²) >= 11 is 4.87. The predicted octanol–water partition coefficient (Wildman–Crippen LogP) is 3.20. The first-order valence-electron chi connectivity index (χ1n) is 7.48. The number of halogens is 1. The highest BCUT2D eigenvalue weighted by atomic mass is 79.9. The van der Waals surface area contributed by atoms with E-state index in [2.05, 4.69) is 31.5 Å². The lowest BCUT2D eigenvalue weighted by molar-refractivity contribution is 0.0930. The molecule has 2 aliphatic heterocycles. The van der Waals surface area contributed by atoms with Gasteiger partial charge in [0.1, 0.15) is 0 Å². The van der Waals surface area contributed by atoms with E-state index in [-0.39, 0.29) is 11.9 Å². The minimum atomic E-state index is -0.0484. The summed E-state index contributed by atoms with van der Waals surface area (Å²) in [5, 5.41) is 7.22. The molecular weight excluding hydrogens is 362 g/mol. The summed E-state index contributed by atoms with van der Waals surface area (Å²) in [6, 6.07) is 9.33. The molecule has 2 aromatic rings. The summed E-state index contributed by atoms with van der Waals surface area (Å²) in [4.78, 5) is 17.7. The second-order valence-corrected chi connectivity index (χ2v) is 7.85. The molecule has 0 spiro atoms. The van der Waals surface area contributed by atoms with Gasteiger partial charge in [0.15, 0.2) is 5.01 Å². The zero-order chi connectivity index (χ0) is 15.1. The Morgan fingerprint density at radius 2 is 2.14 bits per heavy atom. The summed E-state index contributed by atoms with van der Waals surface area (Å²) in [7, 11) is 0. The van der Waals surface area contributed by atoms with E-state index in [9.17, 15) is 4.79 Å². The number of amides is 1. The zero-order valence-electron chi connectivity index (χ0n) is 11.9. The van der Waals surface area contributed by atoms with Crippen LogP contribution in [0.3, 0.4) is 0 Å². The van der Waals surface area contributed by atoms with Crippen LogP contribution in [0.4, 0.5) is 0 Å². The molecule has 3 atom stereocenters. The van der Waals surface area contributed by atoms with Gasteiger partial charge < -0.3 is 10.6 Å². The lowest BCUT2D eigenvalue weighted by Crippen LogP contribution is -2.42. The van der Waals surface area contributed by atoms with Crippen LogP contribution in [-0.2, 0) is 0 Å². The molecule has 22 heavy (non-hydrogen) atoms. The molecule has 1 aromatic carbocycles. The number of nitrogens with zero attached hydrogens (tertiary/aromatic N) is 1. The fraction of sp³-hybridized carbons (Fsp3) is 0.375. The van der Waals surface area contributed by atoms with Crippen LogP contribution in [-0.4, -0.2) is 29.0 Å². The SMILES string of the molecule is O=C(NC1CC2CCC1N2)c1ncc(-c2ccc(Br)cc2)s1. The normalized spacial score (nSPS) is 26.3. The van der Waals surface area contributed by atoms with E-state index in [0.717, 1.165) is 27.8 Å². The number of rotatable bonds is 3. The molecule has 0 aliphatic carbocycles. The highest BCUT2D eigenvalue weighted by Gasteiger charge is 2.39. The zero-order valence-corrected chi connectivity index (χ0v) is 14.3. The maximum absolute atomic E-state index is 12.4. The van der Waals surface area contributed by atoms with Crippen LogP contribution in [0.25, 0.3) is 10.4 Å². The van der Waals surface area contributed by atoms with Gasteiger partial charge in [-0.05, 0) is 37.0 Å². The number of nitrogens with one attached hydrogen (secondary N) is 2. The standard InChI is InChI=1S/C16H16BrN3OS/c17-10-3-1-9(2-4-10)14-8-18-16(22-14)15(21)20-13-7-11-5-6-12(13)19-11/h1-4,8,11-13,19H,5-7H2,(H,20,21). The Balaban J connectivity index is 1.46. The van der Waals surface area contributed by atoms with Gasteiger partial charge in [0, 0.05) is 28.8 Å². The van der Waals surface area contributed by atoms with E-state index in [4.69, 9.17) is 0 Å². The summed E-state index contributed by atoms with van der Waals surface area (Å²) in [6.45, 7) is 0. The van der Waals surface area contributed by atoms with Gasteiger partial charge in [-0.15, -0.1) is 11.3 Å². The van der Waals surface area contributed by atoms with Crippen molar-refractivity contribution >= 4 is 33.2 Å². The monoisotopic (exact) mass is 377 g/mol. The van der Waals surface area contributed by atoms with Crippen LogP contribution in [0.5, 0.6) is 0 Å². The minimum Gasteiger partial charge on any atom is -0.346 e. The Labute approximate surface area is 141 Å². The quantitative estimate of drug-likeness (QED) is 0.863. The van der Waals surface area contributed by atoms with Gasteiger partial charge in [-0.1, -0.05) is 28.1 Å². The van der Waals surface area contributed by atoms with Crippen LogP contribution in [0, 0.1) is 0 Å². The first-order valence-corrected chi connectivity index (χ1v) is 9.09. The Hall–Kier alpha value is -1.24. The molecule has 0 radical (unpaired) electrons. The molecule has 1 aromatic heterocycles. The maximum Gasteiger partial charge on any atom is 0.280 e. The minimum absolute atomic E-state index is 0.0484. The van der Waals surface area contributed by atoms with Crippen LogP contribution in [0.15, 0.2) is 34.9 Å². The van der Waals surface area contributed by atoms with Gasteiger partial charge in [-0.25, -0.2) is 4.98 Å². The van der Waals surface area contributed by atoms with Crippen LogP contribution in [0.2, 0.25) is 0 Å². The number of carbonyl (C=O) groups is 1. The van der Waals surface area contributed by atoms with Gasteiger partial charge in [0.2, 0.25) is 0 Å². The molecule has 2 saturated heterocycles. The molecule has 114 valence electrons. The summed E-state index contributed by atoms with van der Waals surface area (Å²) in [6.07, 6.45) is 5.23. The fourth-order valence-corrected chi connectivity index (χ4v) is 4.43. The Morgan fingerprint density at radius 3 is 2.82 bits per heavy atom. The van der Waals surface area contributed by atoms with E-state index in [1.54, 1.807) is 6.20 Å². The molecule has 4 rings (SSSR count). The molecule has 1 amide bonds. The second-order valence-electron chi connectivity index (χ2n) is 5.90. The van der Waals surface area contributed by atoms with Crippen molar-refractivity contribution in [2.75, 3.05) is 0 Å². The van der Waals surface area contributed by atoms with Crippen molar-refractivity contribution in [1.82, 2.24) is 15.6 Å². The molecule has 6 heteroatoms. The van der Waals surface area contributed by atoms with Crippen LogP contribution < -0.4 is 10.6 Å². The smallest absolute Gasteiger partial charge is 0.280 e. The van der Waals surface area contributed by atoms with Crippen molar-refractivity contribution < 1.29 is 4.79 Å². The molecule has 2 aliphatic rings. The van der Waals surface area contributed by atoms with Crippen LogP contribution >= 0.6 is 27.3 Å². The van der Waals surface area contributed by atoms with E-state index < -0.39 is 0 Å².